The Morgan fingerprint density at radius 3 is 2.23 bits per heavy atom. The van der Waals surface area contributed by atoms with E-state index in [9.17, 15) is 14.9 Å². The van der Waals surface area contributed by atoms with Crippen LogP contribution in [-0.2, 0) is 6.42 Å². The van der Waals surface area contributed by atoms with E-state index >= 15 is 0 Å². The van der Waals surface area contributed by atoms with E-state index in [1.165, 1.54) is 12.8 Å². The van der Waals surface area contributed by atoms with Gasteiger partial charge in [0.15, 0.2) is 5.03 Å². The lowest BCUT2D eigenvalue weighted by molar-refractivity contribution is -0.527. The van der Waals surface area contributed by atoms with Crippen molar-refractivity contribution in [3.8, 4) is 0 Å². The number of hydrazine groups is 1. The molecule has 6 heteroatoms. The Hall–Kier alpha value is -1.95. The molecule has 1 rings (SSSR count). The molecule has 1 aromatic rings. The highest BCUT2D eigenvalue weighted by molar-refractivity contribution is 5.93. The first kappa shape index (κ1) is 18.1. The molecular formula is C16H25N3O3. The Labute approximate surface area is 131 Å². The molecule has 6 nitrogen and oxygen atoms in total. The van der Waals surface area contributed by atoms with E-state index in [-0.39, 0.29) is 0 Å². The SMILES string of the molecule is CCCN(CCC)CCCc1ccc(C(=O)N[N+](=O)[O-])cc1. The first-order chi connectivity index (χ1) is 10.6. The summed E-state index contributed by atoms with van der Waals surface area (Å²) in [7, 11) is 0. The van der Waals surface area contributed by atoms with Gasteiger partial charge in [-0.25, -0.2) is 10.1 Å². The Morgan fingerprint density at radius 2 is 1.73 bits per heavy atom. The van der Waals surface area contributed by atoms with Crippen molar-refractivity contribution < 1.29 is 9.83 Å². The van der Waals surface area contributed by atoms with Gasteiger partial charge >= 0.3 is 5.91 Å². The largest absolute Gasteiger partial charge is 0.310 e. The molecule has 0 bridgehead atoms. The molecule has 0 heterocycles. The highest BCUT2D eigenvalue weighted by Crippen LogP contribution is 2.08. The van der Waals surface area contributed by atoms with Gasteiger partial charge in [-0.1, -0.05) is 31.4 Å². The number of aryl methyl sites for hydroxylation is 1. The fourth-order valence-electron chi connectivity index (χ4n) is 2.44. The fourth-order valence-corrected chi connectivity index (χ4v) is 2.44. The van der Waals surface area contributed by atoms with Crippen LogP contribution in [0.15, 0.2) is 24.3 Å². The van der Waals surface area contributed by atoms with Gasteiger partial charge in [0.25, 0.3) is 0 Å². The molecule has 0 fully saturated rings. The Kier molecular flexibility index (Phi) is 8.14. The first-order valence-corrected chi connectivity index (χ1v) is 7.83. The van der Waals surface area contributed by atoms with Crippen LogP contribution in [0.1, 0.15) is 49.0 Å². The highest BCUT2D eigenvalue weighted by Gasteiger charge is 2.10. The zero-order chi connectivity index (χ0) is 16.4. The van der Waals surface area contributed by atoms with Crippen molar-refractivity contribution in [2.45, 2.75) is 39.5 Å². The number of nitrogens with one attached hydrogen (secondary N) is 1. The van der Waals surface area contributed by atoms with E-state index in [0.717, 1.165) is 38.0 Å². The summed E-state index contributed by atoms with van der Waals surface area (Å²) in [6.07, 6.45) is 4.35. The summed E-state index contributed by atoms with van der Waals surface area (Å²) in [5.74, 6) is -0.686. The predicted octanol–water partition coefficient (Wildman–Crippen LogP) is 2.66. The Balaban J connectivity index is 2.44. The van der Waals surface area contributed by atoms with Gasteiger partial charge in [-0.3, -0.25) is 4.79 Å². The van der Waals surface area contributed by atoms with Gasteiger partial charge in [-0.05, 0) is 63.0 Å². The van der Waals surface area contributed by atoms with Crippen molar-refractivity contribution in [3.63, 3.8) is 0 Å². The van der Waals surface area contributed by atoms with E-state index in [4.69, 9.17) is 0 Å². The summed E-state index contributed by atoms with van der Waals surface area (Å²) < 4.78 is 0. The van der Waals surface area contributed by atoms with Gasteiger partial charge in [0, 0.05) is 5.56 Å². The van der Waals surface area contributed by atoms with Crippen molar-refractivity contribution in [3.05, 3.63) is 45.5 Å². The van der Waals surface area contributed by atoms with Crippen LogP contribution in [0.5, 0.6) is 0 Å². The number of carbonyl (C=O) groups is 1. The predicted molar refractivity (Wildman–Crippen MR) is 86.2 cm³/mol. The van der Waals surface area contributed by atoms with E-state index < -0.39 is 10.9 Å². The van der Waals surface area contributed by atoms with Gasteiger partial charge in [-0.15, -0.1) is 0 Å². The number of benzene rings is 1. The molecule has 0 atom stereocenters. The molecule has 0 radical (unpaired) electrons. The van der Waals surface area contributed by atoms with E-state index in [0.29, 0.717) is 5.56 Å². The summed E-state index contributed by atoms with van der Waals surface area (Å²) in [5.41, 5.74) is 3.09. The minimum atomic E-state index is -0.841. The molecule has 1 aromatic carbocycles. The van der Waals surface area contributed by atoms with E-state index in [1.807, 2.05) is 12.1 Å². The van der Waals surface area contributed by atoms with E-state index in [1.54, 1.807) is 17.6 Å². The summed E-state index contributed by atoms with van der Waals surface area (Å²) in [6, 6.07) is 6.98. The lowest BCUT2D eigenvalue weighted by atomic mass is 10.1. The van der Waals surface area contributed by atoms with Crippen LogP contribution in [0, 0.1) is 10.1 Å². The molecule has 0 saturated carbocycles. The second-order valence-electron chi connectivity index (χ2n) is 5.34. The molecule has 0 spiro atoms. The topological polar surface area (TPSA) is 75.5 Å². The Morgan fingerprint density at radius 1 is 1.14 bits per heavy atom. The maximum atomic E-state index is 11.5. The fraction of sp³-hybridized carbons (Fsp3) is 0.562. The molecule has 0 aliphatic rings. The van der Waals surface area contributed by atoms with Crippen LogP contribution < -0.4 is 5.43 Å². The van der Waals surface area contributed by atoms with Gasteiger partial charge in [0.2, 0.25) is 0 Å². The standard InChI is InChI=1S/C16H25N3O3/c1-3-11-18(12-4-2)13-5-6-14-7-9-15(10-8-14)16(20)17-19(21)22/h7-10H,3-6,11-13H2,1-2H3,(H,17,20). The number of nitrogens with zero attached hydrogens (tertiary/aromatic N) is 2. The third-order valence-electron chi connectivity index (χ3n) is 3.43. The molecule has 1 N–H and O–H groups in total. The van der Waals surface area contributed by atoms with Crippen LogP contribution in [0.4, 0.5) is 0 Å². The van der Waals surface area contributed by atoms with Crippen LogP contribution in [0.25, 0.3) is 0 Å². The number of hydrogen-bond donors (Lipinski definition) is 1. The van der Waals surface area contributed by atoms with Crippen LogP contribution in [0.2, 0.25) is 0 Å². The maximum absolute atomic E-state index is 11.5. The molecular weight excluding hydrogens is 282 g/mol. The van der Waals surface area contributed by atoms with Crippen LogP contribution >= 0.6 is 0 Å². The number of carbonyl (C=O) groups excluding carboxylic acids is 1. The minimum Gasteiger partial charge on any atom is -0.303 e. The summed E-state index contributed by atoms with van der Waals surface area (Å²) in [5, 5.41) is 9.39. The quantitative estimate of drug-likeness (QED) is 0.532. The second-order valence-corrected chi connectivity index (χ2v) is 5.34. The smallest absolute Gasteiger partial charge is 0.303 e. The van der Waals surface area contributed by atoms with E-state index in [2.05, 4.69) is 18.7 Å². The number of nitro groups is 1. The molecule has 0 saturated heterocycles. The van der Waals surface area contributed by atoms with Crippen molar-refractivity contribution >= 4 is 5.91 Å². The normalized spacial score (nSPS) is 10.7. The maximum Gasteiger partial charge on any atom is 0.310 e. The Bertz CT molecular complexity index is 468. The van der Waals surface area contributed by atoms with Gasteiger partial charge in [0.1, 0.15) is 0 Å². The molecule has 1 amide bonds. The average molecular weight is 307 g/mol. The molecule has 0 unspecified atom stereocenters. The van der Waals surface area contributed by atoms with Crippen molar-refractivity contribution in [1.29, 1.82) is 0 Å². The number of rotatable bonds is 10. The highest BCUT2D eigenvalue weighted by atomic mass is 16.7. The average Bonchev–Trinajstić information content (AvgIpc) is 2.47. The third-order valence-corrected chi connectivity index (χ3v) is 3.43. The van der Waals surface area contributed by atoms with Crippen LogP contribution in [0.3, 0.4) is 0 Å². The monoisotopic (exact) mass is 307 g/mol. The number of hydrogen-bond acceptors (Lipinski definition) is 4. The zero-order valence-corrected chi connectivity index (χ0v) is 13.4. The van der Waals surface area contributed by atoms with Gasteiger partial charge < -0.3 is 4.90 Å². The molecule has 0 aromatic heterocycles. The summed E-state index contributed by atoms with van der Waals surface area (Å²) >= 11 is 0. The van der Waals surface area contributed by atoms with Gasteiger partial charge in [0.05, 0.1) is 0 Å². The van der Waals surface area contributed by atoms with Gasteiger partial charge in [-0.2, -0.15) is 0 Å². The molecule has 22 heavy (non-hydrogen) atoms. The first-order valence-electron chi connectivity index (χ1n) is 7.83. The zero-order valence-electron chi connectivity index (χ0n) is 13.4. The van der Waals surface area contributed by atoms with Crippen LogP contribution in [-0.4, -0.2) is 35.5 Å². The van der Waals surface area contributed by atoms with Crippen molar-refractivity contribution in [1.82, 2.24) is 10.3 Å². The third kappa shape index (κ3) is 6.67. The molecule has 122 valence electrons. The van der Waals surface area contributed by atoms with Crippen molar-refractivity contribution in [2.24, 2.45) is 0 Å². The summed E-state index contributed by atoms with van der Waals surface area (Å²) in [4.78, 5) is 24.2. The second kappa shape index (κ2) is 9.89. The lowest BCUT2D eigenvalue weighted by Crippen LogP contribution is -2.29. The summed E-state index contributed by atoms with van der Waals surface area (Å²) in [6.45, 7) is 7.72. The molecule has 0 aliphatic carbocycles. The van der Waals surface area contributed by atoms with Crippen molar-refractivity contribution in [2.75, 3.05) is 19.6 Å². The minimum absolute atomic E-state index is 0.305. The number of amides is 1. The lowest BCUT2D eigenvalue weighted by Gasteiger charge is -2.20. The molecule has 0 aliphatic heterocycles.